The van der Waals surface area contributed by atoms with Gasteiger partial charge in [0, 0.05) is 32.4 Å². The second-order valence-electron chi connectivity index (χ2n) is 7.72. The Kier molecular flexibility index (Phi) is 6.90. The van der Waals surface area contributed by atoms with Crippen LogP contribution in [0.3, 0.4) is 0 Å². The van der Waals surface area contributed by atoms with Crippen molar-refractivity contribution in [2.45, 2.75) is 25.9 Å². The van der Waals surface area contributed by atoms with Crippen molar-refractivity contribution in [2.75, 3.05) is 42.7 Å². The molecule has 2 aromatic rings. The average molecular weight is 495 g/mol. The van der Waals surface area contributed by atoms with Crippen LogP contribution < -0.4 is 20.8 Å². The van der Waals surface area contributed by atoms with Crippen LogP contribution in [0.4, 0.5) is 28.9 Å². The van der Waals surface area contributed by atoms with Gasteiger partial charge in [-0.15, -0.1) is 5.92 Å². The molecular weight excluding hydrogens is 474 g/mol. The molecule has 0 aliphatic carbocycles. The predicted molar refractivity (Wildman–Crippen MR) is 115 cm³/mol. The molecule has 10 nitrogen and oxygen atoms in total. The number of hydroxylamine groups is 1. The summed E-state index contributed by atoms with van der Waals surface area (Å²) in [5, 5.41) is 7.95. The van der Waals surface area contributed by atoms with Gasteiger partial charge in [-0.2, -0.15) is 27.7 Å². The molecule has 2 aliphatic heterocycles. The van der Waals surface area contributed by atoms with E-state index in [2.05, 4.69) is 27.2 Å². The molecule has 1 atom stereocenters. The third kappa shape index (κ3) is 5.05. The standard InChI is InChI=1S/C21H21F4N7O3/c1-2-3-8-30-17-15(12-28-31(18(17)33)13-14-4-5-27-16(22)11-14)32(35-19(34)21(23,24)25)20(30)29-9-6-26-7-10-29/h4-5,11-12,20,26H,6-10,13H2,1H3. The van der Waals surface area contributed by atoms with E-state index in [-0.39, 0.29) is 24.5 Å². The average Bonchev–Trinajstić information content (AvgIpc) is 3.13. The van der Waals surface area contributed by atoms with Gasteiger partial charge in [-0.1, -0.05) is 5.92 Å². The molecule has 2 aliphatic rings. The second-order valence-corrected chi connectivity index (χ2v) is 7.72. The van der Waals surface area contributed by atoms with E-state index in [1.807, 2.05) is 0 Å². The third-order valence-electron chi connectivity index (χ3n) is 5.45. The van der Waals surface area contributed by atoms with Crippen molar-refractivity contribution in [1.29, 1.82) is 0 Å². The Balaban J connectivity index is 1.80. The van der Waals surface area contributed by atoms with E-state index in [0.29, 0.717) is 31.7 Å². The highest BCUT2D eigenvalue weighted by Gasteiger charge is 2.49. The van der Waals surface area contributed by atoms with Crippen LogP contribution in [0.15, 0.2) is 29.3 Å². The van der Waals surface area contributed by atoms with Crippen molar-refractivity contribution >= 4 is 17.3 Å². The maximum Gasteiger partial charge on any atom is 0.493 e. The third-order valence-corrected chi connectivity index (χ3v) is 5.45. The van der Waals surface area contributed by atoms with E-state index in [0.717, 1.165) is 22.0 Å². The summed E-state index contributed by atoms with van der Waals surface area (Å²) in [5.74, 6) is 2.37. The Morgan fingerprint density at radius 3 is 2.71 bits per heavy atom. The normalized spacial score (nSPS) is 18.1. The number of carbonyl (C=O) groups excluding carboxylic acids is 1. The molecule has 0 amide bonds. The molecule has 0 radical (unpaired) electrons. The van der Waals surface area contributed by atoms with Crippen LogP contribution in [0, 0.1) is 17.8 Å². The quantitative estimate of drug-likeness (QED) is 0.365. The maximum atomic E-state index is 13.5. The van der Waals surface area contributed by atoms with E-state index in [9.17, 15) is 27.2 Å². The first-order valence-corrected chi connectivity index (χ1v) is 10.6. The Hall–Kier alpha value is -3.70. The molecule has 0 saturated carbocycles. The molecule has 1 N–H and O–H groups in total. The summed E-state index contributed by atoms with van der Waals surface area (Å²) in [6.45, 7) is 3.34. The van der Waals surface area contributed by atoms with Crippen molar-refractivity contribution in [3.8, 4) is 11.8 Å². The fraction of sp³-hybridized carbons (Fsp3) is 0.429. The zero-order valence-corrected chi connectivity index (χ0v) is 18.5. The minimum atomic E-state index is -5.25. The Labute approximate surface area is 197 Å². The molecule has 0 aromatic carbocycles. The number of anilines is 2. The van der Waals surface area contributed by atoms with E-state index >= 15 is 0 Å². The summed E-state index contributed by atoms with van der Waals surface area (Å²) < 4.78 is 53.8. The lowest BCUT2D eigenvalue weighted by Crippen LogP contribution is -2.61. The highest BCUT2D eigenvalue weighted by atomic mass is 19.4. The first-order valence-electron chi connectivity index (χ1n) is 10.6. The van der Waals surface area contributed by atoms with Crippen molar-refractivity contribution in [3.63, 3.8) is 0 Å². The molecule has 186 valence electrons. The first kappa shape index (κ1) is 24.4. The molecule has 4 heterocycles. The number of hydrogen-bond acceptors (Lipinski definition) is 9. The van der Waals surface area contributed by atoms with Gasteiger partial charge in [0.15, 0.2) is 6.29 Å². The molecule has 0 bridgehead atoms. The van der Waals surface area contributed by atoms with Gasteiger partial charge in [-0.25, -0.2) is 14.5 Å². The van der Waals surface area contributed by atoms with Crippen LogP contribution in [0.1, 0.15) is 12.5 Å². The summed E-state index contributed by atoms with van der Waals surface area (Å²) in [6.07, 6.45) is -3.92. The number of aromatic nitrogens is 3. The zero-order valence-electron chi connectivity index (χ0n) is 18.5. The maximum absolute atomic E-state index is 13.5. The van der Waals surface area contributed by atoms with Gasteiger partial charge in [-0.05, 0) is 24.6 Å². The Bertz CT molecular complexity index is 1220. The number of pyridine rings is 1. The Morgan fingerprint density at radius 2 is 2.06 bits per heavy atom. The van der Waals surface area contributed by atoms with Crippen LogP contribution >= 0.6 is 0 Å². The second kappa shape index (κ2) is 9.88. The van der Waals surface area contributed by atoms with Gasteiger partial charge in [0.2, 0.25) is 5.95 Å². The van der Waals surface area contributed by atoms with Crippen LogP contribution in [-0.2, 0) is 16.2 Å². The van der Waals surface area contributed by atoms with E-state index in [1.54, 1.807) is 11.8 Å². The van der Waals surface area contributed by atoms with Gasteiger partial charge >= 0.3 is 12.1 Å². The lowest BCUT2D eigenvalue weighted by Gasteiger charge is -2.40. The predicted octanol–water partition coefficient (Wildman–Crippen LogP) is 0.685. The monoisotopic (exact) mass is 495 g/mol. The highest BCUT2D eigenvalue weighted by molar-refractivity contribution is 5.81. The molecule has 1 fully saturated rings. The fourth-order valence-electron chi connectivity index (χ4n) is 3.91. The number of alkyl halides is 3. The van der Waals surface area contributed by atoms with Gasteiger partial charge in [-0.3, -0.25) is 9.69 Å². The van der Waals surface area contributed by atoms with Crippen LogP contribution in [0.2, 0.25) is 0 Å². The smallest absolute Gasteiger partial charge is 0.329 e. The molecule has 35 heavy (non-hydrogen) atoms. The van der Waals surface area contributed by atoms with Gasteiger partial charge in [0.25, 0.3) is 5.56 Å². The number of nitrogens with zero attached hydrogens (tertiary/aromatic N) is 6. The van der Waals surface area contributed by atoms with Gasteiger partial charge in [0.05, 0.1) is 19.3 Å². The summed E-state index contributed by atoms with van der Waals surface area (Å²) in [5.41, 5.74) is -0.394. The molecule has 2 aromatic heterocycles. The number of piperazine rings is 1. The van der Waals surface area contributed by atoms with Crippen molar-refractivity contribution in [2.24, 2.45) is 0 Å². The topological polar surface area (TPSA) is 95.8 Å². The first-order chi connectivity index (χ1) is 16.7. The minimum absolute atomic E-state index is 0.0265. The number of rotatable bonds is 5. The van der Waals surface area contributed by atoms with E-state index in [1.165, 1.54) is 17.2 Å². The van der Waals surface area contributed by atoms with Crippen LogP contribution in [0.25, 0.3) is 0 Å². The summed E-state index contributed by atoms with van der Waals surface area (Å²) >= 11 is 0. The summed E-state index contributed by atoms with van der Waals surface area (Å²) in [6, 6.07) is 2.65. The molecule has 14 heteroatoms. The van der Waals surface area contributed by atoms with Gasteiger partial charge in [0.1, 0.15) is 11.4 Å². The van der Waals surface area contributed by atoms with Gasteiger partial charge < -0.3 is 15.1 Å². The summed E-state index contributed by atoms with van der Waals surface area (Å²) in [4.78, 5) is 36.8. The largest absolute Gasteiger partial charge is 0.493 e. The number of fused-ring (bicyclic) bond motifs is 1. The number of halogens is 4. The highest BCUT2D eigenvalue weighted by Crippen LogP contribution is 2.38. The SMILES string of the molecule is CC#CCN1c2c(cnn(Cc3ccnc(F)c3)c2=O)N(OC(=O)C(F)(F)F)C1N1CCNCC1. The molecule has 0 spiro atoms. The molecule has 1 saturated heterocycles. The fourth-order valence-corrected chi connectivity index (χ4v) is 3.91. The van der Waals surface area contributed by atoms with Crippen LogP contribution in [0.5, 0.6) is 0 Å². The molecular formula is C21H21F4N7O3. The lowest BCUT2D eigenvalue weighted by molar-refractivity contribution is -0.203. The number of nitrogens with one attached hydrogen (secondary N) is 1. The van der Waals surface area contributed by atoms with Crippen molar-refractivity contribution in [1.82, 2.24) is 25.0 Å². The van der Waals surface area contributed by atoms with E-state index in [4.69, 9.17) is 4.84 Å². The van der Waals surface area contributed by atoms with Crippen LogP contribution in [-0.4, -0.2) is 70.8 Å². The Morgan fingerprint density at radius 1 is 1.31 bits per heavy atom. The van der Waals surface area contributed by atoms with E-state index < -0.39 is 29.9 Å². The minimum Gasteiger partial charge on any atom is -0.329 e. The number of hydrogen-bond donors (Lipinski definition) is 1. The van der Waals surface area contributed by atoms with Crippen molar-refractivity contribution in [3.05, 3.63) is 46.4 Å². The molecule has 4 rings (SSSR count). The zero-order chi connectivity index (χ0) is 25.2. The number of carbonyl (C=O) groups is 1. The molecule has 1 unspecified atom stereocenters. The van der Waals surface area contributed by atoms with Crippen molar-refractivity contribution < 1.29 is 27.2 Å². The summed E-state index contributed by atoms with van der Waals surface area (Å²) in [7, 11) is 0. The lowest BCUT2D eigenvalue weighted by atomic mass is 10.2.